The number of carboxylic acid groups (broad SMARTS) is 1. The quantitative estimate of drug-likeness (QED) is 0.685. The Balaban J connectivity index is 1.48. The second kappa shape index (κ2) is 9.51. The third-order valence-electron chi connectivity index (χ3n) is 5.43. The van der Waals surface area contributed by atoms with Crippen molar-refractivity contribution >= 4 is 11.9 Å². The van der Waals surface area contributed by atoms with Crippen molar-refractivity contribution in [2.24, 2.45) is 5.92 Å². The summed E-state index contributed by atoms with van der Waals surface area (Å²) in [7, 11) is 0. The maximum Gasteiger partial charge on any atom is 0.306 e. The molecule has 1 aliphatic rings. The van der Waals surface area contributed by atoms with E-state index in [1.165, 1.54) is 5.56 Å². The molecule has 1 saturated carbocycles. The van der Waals surface area contributed by atoms with Crippen LogP contribution in [0.15, 0.2) is 48.5 Å². The van der Waals surface area contributed by atoms with E-state index in [1.807, 2.05) is 55.5 Å². The van der Waals surface area contributed by atoms with Gasteiger partial charge in [0, 0.05) is 24.7 Å². The summed E-state index contributed by atoms with van der Waals surface area (Å²) in [6, 6.07) is 16.1. The molecule has 2 aromatic carbocycles. The van der Waals surface area contributed by atoms with Crippen LogP contribution >= 0.6 is 0 Å². The van der Waals surface area contributed by atoms with Gasteiger partial charge >= 0.3 is 5.97 Å². The van der Waals surface area contributed by atoms with E-state index in [2.05, 4.69) is 10.6 Å². The number of carbonyl (C=O) groups excluding carboxylic acids is 1. The largest absolute Gasteiger partial charge is 0.481 e. The summed E-state index contributed by atoms with van der Waals surface area (Å²) in [5.74, 6) is -0.953. The Hall–Kier alpha value is -2.66. The highest BCUT2D eigenvalue weighted by Crippen LogP contribution is 2.24. The normalized spacial score (nSPS) is 19.2. The van der Waals surface area contributed by atoms with Crippen LogP contribution in [0.1, 0.15) is 52.7 Å². The van der Waals surface area contributed by atoms with Gasteiger partial charge in [0.1, 0.15) is 0 Å². The lowest BCUT2D eigenvalue weighted by molar-refractivity contribution is -0.142. The second-order valence-electron chi connectivity index (χ2n) is 7.64. The molecule has 0 unspecified atom stereocenters. The standard InChI is InChI=1S/C23H28N2O3/c1-16-5-7-17(8-6-16)14-25-22(26)20-4-2-3-18(13-20)15-24-21-11-9-19(10-12-21)23(27)28/h2-8,13,19,21,24H,9-12,14-15H2,1H3,(H,25,26)(H,27,28). The predicted octanol–water partition coefficient (Wildman–Crippen LogP) is 3.66. The van der Waals surface area contributed by atoms with Crippen LogP contribution in [-0.4, -0.2) is 23.0 Å². The fraction of sp³-hybridized carbons (Fsp3) is 0.391. The van der Waals surface area contributed by atoms with Gasteiger partial charge in [-0.25, -0.2) is 0 Å². The van der Waals surface area contributed by atoms with Crippen LogP contribution in [0, 0.1) is 12.8 Å². The van der Waals surface area contributed by atoms with Crippen molar-refractivity contribution in [2.45, 2.75) is 51.7 Å². The topological polar surface area (TPSA) is 78.4 Å². The molecular formula is C23H28N2O3. The van der Waals surface area contributed by atoms with Crippen molar-refractivity contribution in [1.29, 1.82) is 0 Å². The zero-order chi connectivity index (χ0) is 19.9. The molecule has 0 spiro atoms. The molecule has 0 heterocycles. The first-order valence-corrected chi connectivity index (χ1v) is 9.90. The molecule has 28 heavy (non-hydrogen) atoms. The third kappa shape index (κ3) is 5.67. The van der Waals surface area contributed by atoms with Crippen LogP contribution < -0.4 is 10.6 Å². The molecule has 3 rings (SSSR count). The Morgan fingerprint density at radius 2 is 1.68 bits per heavy atom. The lowest BCUT2D eigenvalue weighted by Gasteiger charge is -2.27. The van der Waals surface area contributed by atoms with Crippen molar-refractivity contribution < 1.29 is 14.7 Å². The summed E-state index contributed by atoms with van der Waals surface area (Å²) in [5, 5.41) is 15.6. The summed E-state index contributed by atoms with van der Waals surface area (Å²) < 4.78 is 0. The fourth-order valence-corrected chi connectivity index (χ4v) is 3.62. The molecule has 0 aromatic heterocycles. The zero-order valence-electron chi connectivity index (χ0n) is 16.3. The number of aliphatic carboxylic acids is 1. The first-order valence-electron chi connectivity index (χ1n) is 9.90. The molecule has 2 aromatic rings. The van der Waals surface area contributed by atoms with Crippen LogP contribution in [0.4, 0.5) is 0 Å². The number of carbonyl (C=O) groups is 2. The predicted molar refractivity (Wildman–Crippen MR) is 109 cm³/mol. The summed E-state index contributed by atoms with van der Waals surface area (Å²) in [6.45, 7) is 3.23. The summed E-state index contributed by atoms with van der Waals surface area (Å²) in [6.07, 6.45) is 3.23. The average molecular weight is 380 g/mol. The molecule has 1 amide bonds. The van der Waals surface area contributed by atoms with E-state index in [9.17, 15) is 9.59 Å². The maximum atomic E-state index is 12.5. The minimum absolute atomic E-state index is 0.0793. The van der Waals surface area contributed by atoms with Gasteiger partial charge in [0.05, 0.1) is 5.92 Å². The monoisotopic (exact) mass is 380 g/mol. The number of benzene rings is 2. The van der Waals surface area contributed by atoms with Crippen LogP contribution in [0.2, 0.25) is 0 Å². The molecule has 0 bridgehead atoms. The van der Waals surface area contributed by atoms with Gasteiger partial charge in [-0.15, -0.1) is 0 Å². The van der Waals surface area contributed by atoms with Crippen molar-refractivity contribution in [3.63, 3.8) is 0 Å². The fourth-order valence-electron chi connectivity index (χ4n) is 3.62. The first kappa shape index (κ1) is 20.1. The van der Waals surface area contributed by atoms with Gasteiger partial charge < -0.3 is 15.7 Å². The molecule has 0 radical (unpaired) electrons. The Labute approximate surface area is 166 Å². The van der Waals surface area contributed by atoms with Crippen molar-refractivity contribution in [2.75, 3.05) is 0 Å². The number of amides is 1. The molecule has 0 aliphatic heterocycles. The number of hydrogen-bond donors (Lipinski definition) is 3. The van der Waals surface area contributed by atoms with Gasteiger partial charge in [0.15, 0.2) is 0 Å². The lowest BCUT2D eigenvalue weighted by Crippen LogP contribution is -2.34. The van der Waals surface area contributed by atoms with Gasteiger partial charge in [-0.2, -0.15) is 0 Å². The van der Waals surface area contributed by atoms with Crippen molar-refractivity contribution in [3.05, 3.63) is 70.8 Å². The van der Waals surface area contributed by atoms with Crippen LogP contribution in [-0.2, 0) is 17.9 Å². The smallest absolute Gasteiger partial charge is 0.306 e. The molecule has 5 nitrogen and oxygen atoms in total. The molecule has 5 heteroatoms. The Morgan fingerprint density at radius 3 is 2.36 bits per heavy atom. The molecular weight excluding hydrogens is 352 g/mol. The second-order valence-corrected chi connectivity index (χ2v) is 7.64. The number of rotatable bonds is 7. The lowest BCUT2D eigenvalue weighted by atomic mass is 9.86. The Morgan fingerprint density at radius 1 is 0.964 bits per heavy atom. The van der Waals surface area contributed by atoms with Gasteiger partial charge in [0.25, 0.3) is 5.91 Å². The highest BCUT2D eigenvalue weighted by Gasteiger charge is 2.25. The Bertz CT molecular complexity index is 809. The number of carboxylic acids is 1. The summed E-state index contributed by atoms with van der Waals surface area (Å²) in [5.41, 5.74) is 3.99. The molecule has 148 valence electrons. The SMILES string of the molecule is Cc1ccc(CNC(=O)c2cccc(CNC3CCC(C(=O)O)CC3)c2)cc1. The molecule has 1 fully saturated rings. The van der Waals surface area contributed by atoms with Crippen LogP contribution in [0.5, 0.6) is 0 Å². The van der Waals surface area contributed by atoms with Gasteiger partial charge in [-0.1, -0.05) is 42.0 Å². The molecule has 1 aliphatic carbocycles. The van der Waals surface area contributed by atoms with E-state index in [0.29, 0.717) is 24.7 Å². The number of hydrogen-bond acceptors (Lipinski definition) is 3. The maximum absolute atomic E-state index is 12.5. The highest BCUT2D eigenvalue weighted by atomic mass is 16.4. The van der Waals surface area contributed by atoms with Crippen LogP contribution in [0.25, 0.3) is 0 Å². The van der Waals surface area contributed by atoms with E-state index in [-0.39, 0.29) is 11.8 Å². The van der Waals surface area contributed by atoms with E-state index >= 15 is 0 Å². The highest BCUT2D eigenvalue weighted by molar-refractivity contribution is 5.94. The summed E-state index contributed by atoms with van der Waals surface area (Å²) in [4.78, 5) is 23.5. The van der Waals surface area contributed by atoms with E-state index in [1.54, 1.807) is 0 Å². The summed E-state index contributed by atoms with van der Waals surface area (Å²) >= 11 is 0. The van der Waals surface area contributed by atoms with E-state index in [0.717, 1.165) is 36.8 Å². The van der Waals surface area contributed by atoms with E-state index in [4.69, 9.17) is 5.11 Å². The molecule has 3 N–H and O–H groups in total. The van der Waals surface area contributed by atoms with Crippen molar-refractivity contribution in [3.8, 4) is 0 Å². The third-order valence-corrected chi connectivity index (χ3v) is 5.43. The van der Waals surface area contributed by atoms with Gasteiger partial charge in [-0.05, 0) is 55.9 Å². The average Bonchev–Trinajstić information content (AvgIpc) is 2.72. The first-order chi connectivity index (χ1) is 13.5. The van der Waals surface area contributed by atoms with Crippen LogP contribution in [0.3, 0.4) is 0 Å². The minimum atomic E-state index is -0.678. The zero-order valence-corrected chi connectivity index (χ0v) is 16.3. The van der Waals surface area contributed by atoms with Crippen molar-refractivity contribution in [1.82, 2.24) is 10.6 Å². The number of nitrogens with one attached hydrogen (secondary N) is 2. The minimum Gasteiger partial charge on any atom is -0.481 e. The molecule has 0 saturated heterocycles. The van der Waals surface area contributed by atoms with E-state index < -0.39 is 5.97 Å². The molecule has 0 atom stereocenters. The van der Waals surface area contributed by atoms with Gasteiger partial charge in [-0.3, -0.25) is 9.59 Å². The van der Waals surface area contributed by atoms with Gasteiger partial charge in [0.2, 0.25) is 0 Å². The number of aryl methyl sites for hydroxylation is 1. The Kier molecular flexibility index (Phi) is 6.82.